The van der Waals surface area contributed by atoms with E-state index in [2.05, 4.69) is 37.0 Å². The van der Waals surface area contributed by atoms with Crippen LogP contribution >= 0.6 is 0 Å². The van der Waals surface area contributed by atoms with Crippen LogP contribution in [0.1, 0.15) is 29.7 Å². The highest BCUT2D eigenvalue weighted by Crippen LogP contribution is 2.37. The molecule has 4 aromatic rings. The Morgan fingerprint density at radius 1 is 0.974 bits per heavy atom. The Balaban J connectivity index is 1.45. The van der Waals surface area contributed by atoms with Gasteiger partial charge in [-0.05, 0) is 41.8 Å². The number of carbonyl (C=O) groups excluding carboxylic acids is 2. The molecule has 3 atom stereocenters. The van der Waals surface area contributed by atoms with Gasteiger partial charge in [-0.15, -0.1) is 11.7 Å². The molecule has 2 amide bonds. The summed E-state index contributed by atoms with van der Waals surface area (Å²) in [5, 5.41) is 15.3. The van der Waals surface area contributed by atoms with E-state index < -0.39 is 12.1 Å². The van der Waals surface area contributed by atoms with Crippen molar-refractivity contribution in [3.8, 4) is 0 Å². The van der Waals surface area contributed by atoms with Gasteiger partial charge in [0, 0.05) is 32.0 Å². The second-order valence-electron chi connectivity index (χ2n) is 9.92. The maximum absolute atomic E-state index is 14.2. The zero-order valence-electron chi connectivity index (χ0n) is 21.7. The molecule has 2 aromatic heterocycles. The lowest BCUT2D eigenvalue weighted by Gasteiger charge is -2.57. The van der Waals surface area contributed by atoms with Gasteiger partial charge in [0.15, 0.2) is 0 Å². The molecule has 2 aromatic carbocycles. The number of hydrogen-bond acceptors (Lipinski definition) is 7. The number of fused-ring (bicyclic) bond motifs is 2. The molecule has 0 bridgehead atoms. The first-order valence-electron chi connectivity index (χ1n) is 13.0. The molecule has 4 heterocycles. The van der Waals surface area contributed by atoms with E-state index in [0.29, 0.717) is 26.2 Å². The maximum Gasteiger partial charge on any atom is 0.250 e. The van der Waals surface area contributed by atoms with Crippen LogP contribution in [0.5, 0.6) is 0 Å². The Morgan fingerprint density at radius 3 is 2.54 bits per heavy atom. The van der Waals surface area contributed by atoms with Gasteiger partial charge < -0.3 is 9.80 Å². The number of para-hydroxylation sites is 1. The van der Waals surface area contributed by atoms with Gasteiger partial charge >= 0.3 is 0 Å². The van der Waals surface area contributed by atoms with Gasteiger partial charge in [-0.1, -0.05) is 53.8 Å². The lowest BCUT2D eigenvalue weighted by Crippen LogP contribution is -2.74. The van der Waals surface area contributed by atoms with Crippen molar-refractivity contribution in [3.05, 3.63) is 102 Å². The van der Waals surface area contributed by atoms with E-state index in [9.17, 15) is 9.59 Å². The van der Waals surface area contributed by atoms with Crippen LogP contribution in [0.25, 0.3) is 11.0 Å². The molecule has 6 rings (SSSR count). The molecule has 2 aliphatic heterocycles. The standard InChI is InChI=1S/C29H30N8O2/c1-3-16-35-20(2)28(38)37-25(36(35)17-21-12-14-30-15-13-21)19-34(29(39)27(37)22-8-5-4-6-9-22)18-23-10-7-11-24-26(23)32-33-31-24/h3-15,20,25,27H,1,16-19H2,2H3,(H,31,32,33)/t20?,25-,27+/m1/s1. The molecule has 198 valence electrons. The predicted octanol–water partition coefficient (Wildman–Crippen LogP) is 2.90. The number of H-pyrrole nitrogens is 1. The highest BCUT2D eigenvalue weighted by molar-refractivity contribution is 5.92. The SMILES string of the molecule is C=CCN1C(C)C(=O)N2[C@@H](c3ccccc3)C(=O)N(Cc3cccc4nn[nH]c34)C[C@@H]2N1Cc1ccncc1. The molecule has 10 heteroatoms. The van der Waals surface area contributed by atoms with Crippen LogP contribution in [0.4, 0.5) is 0 Å². The second-order valence-corrected chi connectivity index (χ2v) is 9.92. The lowest BCUT2D eigenvalue weighted by molar-refractivity contribution is -0.217. The number of hydrogen-bond donors (Lipinski definition) is 1. The van der Waals surface area contributed by atoms with Crippen molar-refractivity contribution in [2.45, 2.75) is 38.3 Å². The molecular weight excluding hydrogens is 492 g/mol. The minimum Gasteiger partial charge on any atom is -0.333 e. The zero-order valence-corrected chi connectivity index (χ0v) is 21.7. The molecular formula is C29H30N8O2. The average molecular weight is 523 g/mol. The average Bonchev–Trinajstić information content (AvgIpc) is 3.45. The number of hydrazine groups is 1. The number of rotatable bonds is 7. The zero-order chi connectivity index (χ0) is 26.9. The highest BCUT2D eigenvalue weighted by Gasteiger charge is 2.52. The van der Waals surface area contributed by atoms with E-state index in [1.165, 1.54) is 0 Å². The normalized spacial score (nSPS) is 22.3. The van der Waals surface area contributed by atoms with Gasteiger partial charge in [0.2, 0.25) is 5.91 Å². The summed E-state index contributed by atoms with van der Waals surface area (Å²) in [5.74, 6) is -0.182. The third-order valence-corrected chi connectivity index (χ3v) is 7.60. The molecule has 2 fully saturated rings. The first kappa shape index (κ1) is 24.9. The van der Waals surface area contributed by atoms with Crippen molar-refractivity contribution in [2.75, 3.05) is 13.1 Å². The highest BCUT2D eigenvalue weighted by atomic mass is 16.2. The van der Waals surface area contributed by atoms with E-state index in [0.717, 1.165) is 27.7 Å². The maximum atomic E-state index is 14.2. The fourth-order valence-electron chi connectivity index (χ4n) is 5.70. The lowest BCUT2D eigenvalue weighted by atomic mass is 9.96. The Hall–Kier alpha value is -4.41. The summed E-state index contributed by atoms with van der Waals surface area (Å²) in [5.41, 5.74) is 4.33. The molecule has 2 aliphatic rings. The van der Waals surface area contributed by atoms with Crippen molar-refractivity contribution in [3.63, 3.8) is 0 Å². The van der Waals surface area contributed by atoms with Crippen molar-refractivity contribution in [1.82, 2.24) is 40.2 Å². The number of piperazine rings is 1. The number of pyridine rings is 1. The third-order valence-electron chi connectivity index (χ3n) is 7.60. The Morgan fingerprint density at radius 2 is 1.77 bits per heavy atom. The number of benzene rings is 2. The van der Waals surface area contributed by atoms with Crippen molar-refractivity contribution >= 4 is 22.8 Å². The van der Waals surface area contributed by atoms with Gasteiger partial charge in [-0.25, -0.2) is 10.0 Å². The molecule has 0 spiro atoms. The van der Waals surface area contributed by atoms with Crippen LogP contribution in [0.2, 0.25) is 0 Å². The van der Waals surface area contributed by atoms with Crippen molar-refractivity contribution < 1.29 is 9.59 Å². The number of amides is 2. The molecule has 0 radical (unpaired) electrons. The summed E-state index contributed by atoms with van der Waals surface area (Å²) in [6, 6.07) is 18.1. The molecule has 2 saturated heterocycles. The van der Waals surface area contributed by atoms with Crippen LogP contribution in [0.15, 0.2) is 85.7 Å². The first-order chi connectivity index (χ1) is 19.1. The summed E-state index contributed by atoms with van der Waals surface area (Å²) >= 11 is 0. The minimum absolute atomic E-state index is 0.0745. The summed E-state index contributed by atoms with van der Waals surface area (Å²) in [7, 11) is 0. The van der Waals surface area contributed by atoms with E-state index in [-0.39, 0.29) is 18.0 Å². The van der Waals surface area contributed by atoms with Crippen molar-refractivity contribution in [1.29, 1.82) is 0 Å². The van der Waals surface area contributed by atoms with Gasteiger partial charge in [-0.3, -0.25) is 19.7 Å². The van der Waals surface area contributed by atoms with Gasteiger partial charge in [-0.2, -0.15) is 0 Å². The largest absolute Gasteiger partial charge is 0.333 e. The van der Waals surface area contributed by atoms with E-state index in [1.54, 1.807) is 17.3 Å². The molecule has 10 nitrogen and oxygen atoms in total. The number of aromatic amines is 1. The summed E-state index contributed by atoms with van der Waals surface area (Å²) in [4.78, 5) is 36.0. The summed E-state index contributed by atoms with van der Waals surface area (Å²) in [6.07, 6.45) is 4.97. The Labute approximate surface area is 226 Å². The number of nitrogens with zero attached hydrogens (tertiary/aromatic N) is 7. The smallest absolute Gasteiger partial charge is 0.250 e. The van der Waals surface area contributed by atoms with Crippen LogP contribution in [0.3, 0.4) is 0 Å². The van der Waals surface area contributed by atoms with E-state index in [1.807, 2.05) is 78.6 Å². The summed E-state index contributed by atoms with van der Waals surface area (Å²) in [6.45, 7) is 7.61. The first-order valence-corrected chi connectivity index (χ1v) is 13.0. The molecule has 1 N–H and O–H groups in total. The fourth-order valence-corrected chi connectivity index (χ4v) is 5.70. The number of aromatic nitrogens is 4. The molecule has 0 saturated carbocycles. The van der Waals surface area contributed by atoms with Crippen LogP contribution in [-0.4, -0.2) is 77.3 Å². The topological polar surface area (TPSA) is 102 Å². The second kappa shape index (κ2) is 10.4. The number of carbonyl (C=O) groups is 2. The minimum atomic E-state index is -0.746. The van der Waals surface area contributed by atoms with Gasteiger partial charge in [0.1, 0.15) is 23.8 Å². The molecule has 0 aliphatic carbocycles. The van der Waals surface area contributed by atoms with Gasteiger partial charge in [0.25, 0.3) is 5.91 Å². The quantitative estimate of drug-likeness (QED) is 0.373. The third kappa shape index (κ3) is 4.47. The van der Waals surface area contributed by atoms with Crippen LogP contribution < -0.4 is 0 Å². The number of nitrogens with one attached hydrogen (secondary N) is 1. The predicted molar refractivity (Wildman–Crippen MR) is 145 cm³/mol. The van der Waals surface area contributed by atoms with Gasteiger partial charge in [0.05, 0.1) is 12.1 Å². The monoisotopic (exact) mass is 522 g/mol. The van der Waals surface area contributed by atoms with Crippen LogP contribution in [0, 0.1) is 0 Å². The molecule has 1 unspecified atom stereocenters. The van der Waals surface area contributed by atoms with E-state index >= 15 is 0 Å². The van der Waals surface area contributed by atoms with Crippen molar-refractivity contribution in [2.24, 2.45) is 0 Å². The molecule has 39 heavy (non-hydrogen) atoms. The summed E-state index contributed by atoms with van der Waals surface area (Å²) < 4.78 is 0. The van der Waals surface area contributed by atoms with Crippen LogP contribution in [-0.2, 0) is 22.7 Å². The Kier molecular flexibility index (Phi) is 6.64. The van der Waals surface area contributed by atoms with E-state index in [4.69, 9.17) is 0 Å². The fraction of sp³-hybridized carbons (Fsp3) is 0.276. The Bertz CT molecular complexity index is 1490.